The van der Waals surface area contributed by atoms with E-state index in [0.717, 1.165) is 18.6 Å². The standard InChI is InChI=1S/C13H15F3N2O/c1-2-10-5-8(7-17-19)11-6-9(13(14,15)16)3-4-12(11)18-10/h3-4,6-8,10,18-19H,2,5H2,1H3/t8?,10-/m1/s1. The lowest BCUT2D eigenvalue weighted by molar-refractivity contribution is -0.137. The molecule has 2 N–H and O–H groups in total. The van der Waals surface area contributed by atoms with E-state index in [0.29, 0.717) is 17.7 Å². The Bertz CT molecular complexity index is 485. The van der Waals surface area contributed by atoms with E-state index in [1.807, 2.05) is 6.92 Å². The summed E-state index contributed by atoms with van der Waals surface area (Å²) in [5.41, 5.74) is 0.521. The number of hydrogen-bond donors (Lipinski definition) is 2. The molecule has 2 rings (SSSR count). The second-order valence-corrected chi connectivity index (χ2v) is 4.66. The molecular formula is C13H15F3N2O. The molecule has 0 aliphatic carbocycles. The van der Waals surface area contributed by atoms with Crippen molar-refractivity contribution in [3.05, 3.63) is 29.3 Å². The predicted molar refractivity (Wildman–Crippen MR) is 66.8 cm³/mol. The Hall–Kier alpha value is -1.72. The van der Waals surface area contributed by atoms with Gasteiger partial charge in [0.05, 0.1) is 11.8 Å². The molecule has 6 heteroatoms. The Morgan fingerprint density at radius 3 is 2.79 bits per heavy atom. The molecule has 0 radical (unpaired) electrons. The van der Waals surface area contributed by atoms with Gasteiger partial charge in [-0.15, -0.1) is 5.16 Å². The number of hydrogen-bond acceptors (Lipinski definition) is 3. The molecule has 1 aromatic rings. The van der Waals surface area contributed by atoms with E-state index >= 15 is 0 Å². The largest absolute Gasteiger partial charge is 0.416 e. The summed E-state index contributed by atoms with van der Waals surface area (Å²) in [5.74, 6) is -0.298. The van der Waals surface area contributed by atoms with Gasteiger partial charge in [-0.3, -0.25) is 0 Å². The zero-order chi connectivity index (χ0) is 14.0. The van der Waals surface area contributed by atoms with E-state index in [9.17, 15) is 13.2 Å². The van der Waals surface area contributed by atoms with Crippen LogP contribution in [0.5, 0.6) is 0 Å². The second kappa shape index (κ2) is 5.11. The van der Waals surface area contributed by atoms with Crippen LogP contribution in [0.15, 0.2) is 23.4 Å². The Kier molecular flexibility index (Phi) is 3.68. The topological polar surface area (TPSA) is 44.6 Å². The third kappa shape index (κ3) is 2.83. The van der Waals surface area contributed by atoms with Gasteiger partial charge in [-0.05, 0) is 36.6 Å². The smallest absolute Gasteiger partial charge is 0.411 e. The first-order chi connectivity index (χ1) is 8.95. The van der Waals surface area contributed by atoms with Gasteiger partial charge in [0.15, 0.2) is 0 Å². The van der Waals surface area contributed by atoms with Crippen LogP contribution in [0.2, 0.25) is 0 Å². The first kappa shape index (κ1) is 13.7. The minimum Gasteiger partial charge on any atom is -0.411 e. The lowest BCUT2D eigenvalue weighted by Crippen LogP contribution is -2.28. The monoisotopic (exact) mass is 272 g/mol. The predicted octanol–water partition coefficient (Wildman–Crippen LogP) is 3.84. The Morgan fingerprint density at radius 2 is 2.21 bits per heavy atom. The Balaban J connectivity index is 2.43. The molecule has 0 saturated heterocycles. The maximum atomic E-state index is 12.7. The van der Waals surface area contributed by atoms with Crippen molar-refractivity contribution in [3.8, 4) is 0 Å². The molecule has 0 fully saturated rings. The fraction of sp³-hybridized carbons (Fsp3) is 0.462. The zero-order valence-electron chi connectivity index (χ0n) is 10.4. The third-order valence-electron chi connectivity index (χ3n) is 3.42. The van der Waals surface area contributed by atoms with E-state index < -0.39 is 11.7 Å². The number of anilines is 1. The molecule has 0 aromatic heterocycles. The van der Waals surface area contributed by atoms with Crippen molar-refractivity contribution in [2.24, 2.45) is 5.16 Å². The maximum Gasteiger partial charge on any atom is 0.416 e. The molecule has 104 valence electrons. The zero-order valence-corrected chi connectivity index (χ0v) is 10.4. The van der Waals surface area contributed by atoms with Crippen LogP contribution < -0.4 is 5.32 Å². The fourth-order valence-electron chi connectivity index (χ4n) is 2.38. The number of halogens is 3. The fourth-order valence-corrected chi connectivity index (χ4v) is 2.38. The molecule has 1 aliphatic heterocycles. The number of nitrogens with one attached hydrogen (secondary N) is 1. The van der Waals surface area contributed by atoms with Gasteiger partial charge in [0, 0.05) is 17.6 Å². The molecule has 0 saturated carbocycles. The van der Waals surface area contributed by atoms with Crippen molar-refractivity contribution in [1.29, 1.82) is 0 Å². The van der Waals surface area contributed by atoms with Crippen LogP contribution >= 0.6 is 0 Å². The highest BCUT2D eigenvalue weighted by atomic mass is 19.4. The van der Waals surface area contributed by atoms with Crippen LogP contribution in [0.4, 0.5) is 18.9 Å². The summed E-state index contributed by atoms with van der Waals surface area (Å²) in [6.07, 6.45) is -1.59. The molecule has 1 heterocycles. The van der Waals surface area contributed by atoms with Gasteiger partial charge in [-0.2, -0.15) is 13.2 Å². The number of fused-ring (bicyclic) bond motifs is 1. The highest BCUT2D eigenvalue weighted by molar-refractivity contribution is 5.74. The molecule has 1 unspecified atom stereocenters. The quantitative estimate of drug-likeness (QED) is 0.488. The highest BCUT2D eigenvalue weighted by Crippen LogP contribution is 2.38. The lowest BCUT2D eigenvalue weighted by Gasteiger charge is -2.31. The van der Waals surface area contributed by atoms with Gasteiger partial charge >= 0.3 is 6.18 Å². The third-order valence-corrected chi connectivity index (χ3v) is 3.42. The van der Waals surface area contributed by atoms with Gasteiger partial charge in [0.25, 0.3) is 0 Å². The molecule has 19 heavy (non-hydrogen) atoms. The summed E-state index contributed by atoms with van der Waals surface area (Å²) in [6.45, 7) is 2.00. The molecule has 2 atom stereocenters. The van der Waals surface area contributed by atoms with Crippen LogP contribution in [0.1, 0.15) is 36.8 Å². The van der Waals surface area contributed by atoms with Crippen molar-refractivity contribution in [2.45, 2.75) is 37.9 Å². The van der Waals surface area contributed by atoms with Crippen molar-refractivity contribution < 1.29 is 18.4 Å². The average Bonchev–Trinajstić information content (AvgIpc) is 2.37. The van der Waals surface area contributed by atoms with Crippen LogP contribution in [0, 0.1) is 0 Å². The van der Waals surface area contributed by atoms with Crippen molar-refractivity contribution >= 4 is 11.9 Å². The number of benzene rings is 1. The summed E-state index contributed by atoms with van der Waals surface area (Å²) >= 11 is 0. The van der Waals surface area contributed by atoms with Crippen LogP contribution in [0.25, 0.3) is 0 Å². The molecule has 3 nitrogen and oxygen atoms in total. The molecule has 0 bridgehead atoms. The summed E-state index contributed by atoms with van der Waals surface area (Å²) < 4.78 is 38.1. The van der Waals surface area contributed by atoms with Gasteiger partial charge < -0.3 is 10.5 Å². The molecule has 1 aliphatic rings. The van der Waals surface area contributed by atoms with E-state index in [4.69, 9.17) is 5.21 Å². The SMILES string of the molecule is CC[C@@H]1CC(C=NO)c2cc(C(F)(F)F)ccc2N1. The van der Waals surface area contributed by atoms with Crippen molar-refractivity contribution in [2.75, 3.05) is 5.32 Å². The van der Waals surface area contributed by atoms with Gasteiger partial charge in [0.2, 0.25) is 0 Å². The van der Waals surface area contributed by atoms with Crippen molar-refractivity contribution in [3.63, 3.8) is 0 Å². The minimum atomic E-state index is -4.36. The van der Waals surface area contributed by atoms with Gasteiger partial charge in [0.1, 0.15) is 0 Å². The number of rotatable bonds is 2. The van der Waals surface area contributed by atoms with E-state index in [-0.39, 0.29) is 12.0 Å². The molecule has 0 amide bonds. The minimum absolute atomic E-state index is 0.173. The van der Waals surface area contributed by atoms with Crippen LogP contribution in [0.3, 0.4) is 0 Å². The number of oxime groups is 1. The second-order valence-electron chi connectivity index (χ2n) is 4.66. The van der Waals surface area contributed by atoms with Crippen LogP contribution in [-0.2, 0) is 6.18 Å². The summed E-state index contributed by atoms with van der Waals surface area (Å²) in [4.78, 5) is 0. The molecule has 0 spiro atoms. The average molecular weight is 272 g/mol. The van der Waals surface area contributed by atoms with E-state index in [1.54, 1.807) is 0 Å². The molecular weight excluding hydrogens is 257 g/mol. The van der Waals surface area contributed by atoms with E-state index in [1.165, 1.54) is 12.3 Å². The maximum absolute atomic E-state index is 12.7. The highest BCUT2D eigenvalue weighted by Gasteiger charge is 2.33. The Labute approximate surface area is 109 Å². The lowest BCUT2D eigenvalue weighted by atomic mass is 9.86. The number of alkyl halides is 3. The normalized spacial score (nSPS) is 23.2. The van der Waals surface area contributed by atoms with Crippen LogP contribution in [-0.4, -0.2) is 17.5 Å². The van der Waals surface area contributed by atoms with Gasteiger partial charge in [-0.1, -0.05) is 6.92 Å². The molecule has 1 aromatic carbocycles. The summed E-state index contributed by atoms with van der Waals surface area (Å²) in [5, 5.41) is 14.8. The number of nitrogens with zero attached hydrogens (tertiary/aromatic N) is 1. The van der Waals surface area contributed by atoms with E-state index in [2.05, 4.69) is 10.5 Å². The van der Waals surface area contributed by atoms with Crippen molar-refractivity contribution in [1.82, 2.24) is 0 Å². The Morgan fingerprint density at radius 1 is 1.47 bits per heavy atom. The first-order valence-electron chi connectivity index (χ1n) is 6.11. The summed E-state index contributed by atoms with van der Waals surface area (Å²) in [6, 6.07) is 3.81. The van der Waals surface area contributed by atoms with Gasteiger partial charge in [-0.25, -0.2) is 0 Å². The first-order valence-corrected chi connectivity index (χ1v) is 6.11. The summed E-state index contributed by atoms with van der Waals surface area (Å²) in [7, 11) is 0.